The van der Waals surface area contributed by atoms with Crippen molar-refractivity contribution in [3.8, 4) is 0 Å². The highest BCUT2D eigenvalue weighted by molar-refractivity contribution is 7.93. The Morgan fingerprint density at radius 2 is 1.47 bits per heavy atom. The normalized spacial score (nSPS) is 14.6. The van der Waals surface area contributed by atoms with Gasteiger partial charge >= 0.3 is 6.18 Å². The van der Waals surface area contributed by atoms with Crippen LogP contribution in [0.2, 0.25) is 0 Å². The summed E-state index contributed by atoms with van der Waals surface area (Å²) in [5, 5.41) is 0. The minimum absolute atomic E-state index is 0.0262. The minimum Gasteiger partial charge on any atom is -0.280 e. The number of benzene rings is 3. The largest absolute Gasteiger partial charge is 0.416 e. The van der Waals surface area contributed by atoms with Crippen molar-refractivity contribution in [2.45, 2.75) is 48.6 Å². The Hall–Kier alpha value is -3.05. The number of hydrogen-bond acceptors (Lipinski definition) is 4. The molecule has 0 spiro atoms. The molecule has 0 atom stereocenters. The number of rotatable bonds is 5. The summed E-state index contributed by atoms with van der Waals surface area (Å²) in [4.78, 5) is -0.445. The zero-order valence-electron chi connectivity index (χ0n) is 19.8. The van der Waals surface area contributed by atoms with Crippen LogP contribution in [-0.2, 0) is 38.1 Å². The number of alkyl halides is 3. The smallest absolute Gasteiger partial charge is 0.280 e. The fraction of sp³-hybridized carbons (Fsp3) is 0.280. The molecule has 1 heterocycles. The Bertz CT molecular complexity index is 1510. The first-order chi connectivity index (χ1) is 16.6. The third kappa shape index (κ3) is 5.08. The lowest BCUT2D eigenvalue weighted by Gasteiger charge is -2.21. The molecule has 36 heavy (non-hydrogen) atoms. The predicted octanol–water partition coefficient (Wildman–Crippen LogP) is 5.56. The predicted molar refractivity (Wildman–Crippen MR) is 132 cm³/mol. The van der Waals surface area contributed by atoms with Crippen molar-refractivity contribution >= 4 is 31.4 Å². The molecule has 0 aliphatic carbocycles. The first-order valence-corrected chi connectivity index (χ1v) is 14.0. The van der Waals surface area contributed by atoms with Crippen molar-refractivity contribution in [1.82, 2.24) is 0 Å². The van der Waals surface area contributed by atoms with E-state index >= 15 is 0 Å². The molecule has 11 heteroatoms. The number of nitrogens with zero attached hydrogens (tertiary/aromatic N) is 1. The zero-order valence-corrected chi connectivity index (χ0v) is 21.4. The molecule has 192 valence electrons. The van der Waals surface area contributed by atoms with Crippen molar-refractivity contribution in [2.75, 3.05) is 15.6 Å². The molecule has 3 aromatic carbocycles. The van der Waals surface area contributed by atoms with Gasteiger partial charge in [0.25, 0.3) is 20.0 Å². The molecule has 3 aromatic rings. The average Bonchev–Trinajstić information content (AvgIpc) is 3.22. The second-order valence-corrected chi connectivity index (χ2v) is 13.1. The molecule has 6 nitrogen and oxygen atoms in total. The molecule has 0 bridgehead atoms. The van der Waals surface area contributed by atoms with Crippen LogP contribution in [0.15, 0.2) is 76.5 Å². The van der Waals surface area contributed by atoms with Crippen LogP contribution in [0.25, 0.3) is 0 Å². The summed E-state index contributed by atoms with van der Waals surface area (Å²) in [5.41, 5.74) is 0.750. The quantitative estimate of drug-likeness (QED) is 0.461. The third-order valence-corrected chi connectivity index (χ3v) is 9.18. The first kappa shape index (κ1) is 26.0. The van der Waals surface area contributed by atoms with E-state index in [1.807, 2.05) is 20.8 Å². The van der Waals surface area contributed by atoms with Gasteiger partial charge in [-0.25, -0.2) is 16.8 Å². The number of sulfonamides is 2. The molecule has 0 saturated heterocycles. The van der Waals surface area contributed by atoms with Crippen LogP contribution in [0, 0.1) is 0 Å². The lowest BCUT2D eigenvalue weighted by molar-refractivity contribution is -0.137. The second-order valence-electron chi connectivity index (χ2n) is 9.58. The maximum atomic E-state index is 13.2. The standard InChI is InChI=1S/C25H25F3N2O4S2/c1-24(2,3)18-8-11-21(12-9-18)35(31,32)29-20-10-7-17-13-14-30(23(17)16-20)36(33,34)22-6-4-5-19(15-22)25(26,27)28/h4-12,15-16,29H,13-14H2,1-3H3. The van der Waals surface area contributed by atoms with Gasteiger partial charge in [0.05, 0.1) is 26.7 Å². The number of nitrogens with one attached hydrogen (secondary N) is 1. The van der Waals surface area contributed by atoms with Crippen LogP contribution in [0.1, 0.15) is 37.5 Å². The fourth-order valence-corrected chi connectivity index (χ4v) is 6.56. The van der Waals surface area contributed by atoms with E-state index in [1.54, 1.807) is 18.2 Å². The van der Waals surface area contributed by atoms with E-state index in [4.69, 9.17) is 0 Å². The number of halogens is 3. The van der Waals surface area contributed by atoms with Crippen LogP contribution < -0.4 is 9.03 Å². The summed E-state index contributed by atoms with van der Waals surface area (Å²) in [5.74, 6) is 0. The molecular weight excluding hydrogens is 513 g/mol. The van der Waals surface area contributed by atoms with Gasteiger partial charge in [0.2, 0.25) is 0 Å². The Balaban J connectivity index is 1.64. The van der Waals surface area contributed by atoms with Crippen molar-refractivity contribution in [1.29, 1.82) is 0 Å². The summed E-state index contributed by atoms with van der Waals surface area (Å²) in [7, 11) is -8.27. The van der Waals surface area contributed by atoms with Crippen LogP contribution in [-0.4, -0.2) is 23.4 Å². The van der Waals surface area contributed by atoms with E-state index in [1.165, 1.54) is 24.3 Å². The number of hydrogen-bond donors (Lipinski definition) is 1. The number of fused-ring (bicyclic) bond motifs is 1. The maximum absolute atomic E-state index is 13.2. The van der Waals surface area contributed by atoms with Gasteiger partial charge in [0, 0.05) is 6.54 Å². The average molecular weight is 539 g/mol. The zero-order chi connectivity index (χ0) is 26.5. The summed E-state index contributed by atoms with van der Waals surface area (Å²) < 4.78 is 95.2. The molecular formula is C25H25F3N2O4S2. The van der Waals surface area contributed by atoms with Gasteiger partial charge in [-0.2, -0.15) is 13.2 Å². The second kappa shape index (κ2) is 8.81. The minimum atomic E-state index is -4.69. The van der Waals surface area contributed by atoms with Crippen LogP contribution >= 0.6 is 0 Å². The highest BCUT2D eigenvalue weighted by atomic mass is 32.2. The first-order valence-electron chi connectivity index (χ1n) is 11.1. The fourth-order valence-electron chi connectivity index (χ4n) is 3.97. The highest BCUT2D eigenvalue weighted by Gasteiger charge is 2.35. The van der Waals surface area contributed by atoms with Crippen molar-refractivity contribution in [2.24, 2.45) is 0 Å². The highest BCUT2D eigenvalue weighted by Crippen LogP contribution is 2.37. The van der Waals surface area contributed by atoms with Crippen molar-refractivity contribution < 1.29 is 30.0 Å². The van der Waals surface area contributed by atoms with Gasteiger partial charge < -0.3 is 0 Å². The molecule has 1 aliphatic rings. The van der Waals surface area contributed by atoms with Crippen LogP contribution in [0.5, 0.6) is 0 Å². The Morgan fingerprint density at radius 3 is 2.08 bits per heavy atom. The van der Waals surface area contributed by atoms with E-state index in [2.05, 4.69) is 4.72 Å². The summed E-state index contributed by atoms with van der Waals surface area (Å²) in [6, 6.07) is 14.5. The SMILES string of the molecule is CC(C)(C)c1ccc(S(=O)(=O)Nc2ccc3c(c2)N(S(=O)(=O)c2cccc(C(F)(F)F)c2)CC3)cc1. The van der Waals surface area contributed by atoms with Gasteiger partial charge in [-0.1, -0.05) is 45.0 Å². The number of anilines is 2. The molecule has 0 amide bonds. The van der Waals surface area contributed by atoms with Gasteiger partial charge in [-0.3, -0.25) is 9.03 Å². The van der Waals surface area contributed by atoms with Crippen molar-refractivity contribution in [3.05, 3.63) is 83.4 Å². The third-order valence-electron chi connectivity index (χ3n) is 5.97. The van der Waals surface area contributed by atoms with Gasteiger partial charge in [0.15, 0.2) is 0 Å². The summed E-state index contributed by atoms with van der Waals surface area (Å²) in [6.45, 7) is 6.06. The molecule has 0 radical (unpaired) electrons. The van der Waals surface area contributed by atoms with Crippen molar-refractivity contribution in [3.63, 3.8) is 0 Å². The van der Waals surface area contributed by atoms with E-state index in [0.29, 0.717) is 18.1 Å². The van der Waals surface area contributed by atoms with E-state index in [0.717, 1.165) is 28.1 Å². The van der Waals surface area contributed by atoms with Crippen LogP contribution in [0.4, 0.5) is 24.5 Å². The molecule has 0 saturated carbocycles. The lowest BCUT2D eigenvalue weighted by Crippen LogP contribution is -2.29. The van der Waals surface area contributed by atoms with Gasteiger partial charge in [0.1, 0.15) is 0 Å². The molecule has 1 aliphatic heterocycles. The van der Waals surface area contributed by atoms with E-state index in [-0.39, 0.29) is 28.2 Å². The molecule has 0 unspecified atom stereocenters. The Morgan fingerprint density at radius 1 is 0.806 bits per heavy atom. The summed E-state index contributed by atoms with van der Waals surface area (Å²) >= 11 is 0. The summed E-state index contributed by atoms with van der Waals surface area (Å²) in [6.07, 6.45) is -4.35. The van der Waals surface area contributed by atoms with E-state index in [9.17, 15) is 30.0 Å². The van der Waals surface area contributed by atoms with Gasteiger partial charge in [-0.15, -0.1) is 0 Å². The Kier molecular flexibility index (Phi) is 6.37. The maximum Gasteiger partial charge on any atom is 0.416 e. The van der Waals surface area contributed by atoms with E-state index < -0.39 is 36.7 Å². The molecule has 1 N–H and O–H groups in total. The monoisotopic (exact) mass is 538 g/mol. The molecule has 0 fully saturated rings. The molecule has 4 rings (SSSR count). The molecule has 0 aromatic heterocycles. The van der Waals surface area contributed by atoms with Gasteiger partial charge in [-0.05, 0) is 65.4 Å². The Labute approximate surface area is 208 Å². The topological polar surface area (TPSA) is 83.6 Å². The van der Waals surface area contributed by atoms with Crippen LogP contribution in [0.3, 0.4) is 0 Å². The lowest BCUT2D eigenvalue weighted by atomic mass is 9.87.